The molecule has 0 radical (unpaired) electrons. The minimum absolute atomic E-state index is 0.0626. The molecule has 9 nitrogen and oxygen atoms in total. The van der Waals surface area contributed by atoms with E-state index in [4.69, 9.17) is 19.3 Å². The number of ether oxygens (including phenoxy) is 3. The van der Waals surface area contributed by atoms with Crippen LogP contribution in [0.15, 0.2) is 11.5 Å². The summed E-state index contributed by atoms with van der Waals surface area (Å²) in [6.07, 6.45) is -2.50. The van der Waals surface area contributed by atoms with Gasteiger partial charge in [-0.1, -0.05) is 13.3 Å². The molecule has 24 heavy (non-hydrogen) atoms. The van der Waals surface area contributed by atoms with Crippen LogP contribution in [0.25, 0.3) is 0 Å². The molecule has 0 bridgehead atoms. The van der Waals surface area contributed by atoms with Gasteiger partial charge in [0.25, 0.3) is 5.60 Å². The fraction of sp³-hybridized carbons (Fsp3) is 0.733. The Morgan fingerprint density at radius 3 is 2.38 bits per heavy atom. The van der Waals surface area contributed by atoms with E-state index in [1.165, 1.54) is 0 Å². The second kappa shape index (κ2) is 8.97. The van der Waals surface area contributed by atoms with Crippen molar-refractivity contribution in [1.82, 2.24) is 0 Å². The van der Waals surface area contributed by atoms with Crippen molar-refractivity contribution in [3.05, 3.63) is 11.5 Å². The molecule has 3 atom stereocenters. The number of hydrogen-bond acceptors (Lipinski definition) is 9. The maximum Gasteiger partial charge on any atom is 0.378 e. The summed E-state index contributed by atoms with van der Waals surface area (Å²) >= 11 is 0. The summed E-state index contributed by atoms with van der Waals surface area (Å²) in [4.78, 5) is 24.6. The van der Waals surface area contributed by atoms with Gasteiger partial charge in [0, 0.05) is 0 Å². The van der Waals surface area contributed by atoms with Crippen LogP contribution in [0.2, 0.25) is 0 Å². The fourth-order valence-corrected chi connectivity index (χ4v) is 2.27. The van der Waals surface area contributed by atoms with Crippen molar-refractivity contribution >= 4 is 11.8 Å². The highest BCUT2D eigenvalue weighted by Gasteiger charge is 2.62. The van der Waals surface area contributed by atoms with Crippen LogP contribution in [0, 0.1) is 0 Å². The first-order valence-corrected chi connectivity index (χ1v) is 7.76. The molecule has 0 aromatic rings. The van der Waals surface area contributed by atoms with Crippen LogP contribution in [0.4, 0.5) is 0 Å². The normalized spacial score (nSPS) is 23.0. The molecule has 9 heteroatoms. The lowest BCUT2D eigenvalue weighted by atomic mass is 9.87. The van der Waals surface area contributed by atoms with Gasteiger partial charge in [-0.25, -0.2) is 4.79 Å². The predicted octanol–water partition coefficient (Wildman–Crippen LogP) is -1.38. The van der Waals surface area contributed by atoms with Crippen LogP contribution in [-0.2, 0) is 23.8 Å². The Morgan fingerprint density at radius 2 is 1.88 bits per heavy atom. The van der Waals surface area contributed by atoms with Gasteiger partial charge in [-0.2, -0.15) is 0 Å². The van der Waals surface area contributed by atoms with Gasteiger partial charge in [0.15, 0.2) is 0 Å². The molecule has 1 heterocycles. The molecule has 0 fully saturated rings. The Balaban J connectivity index is 3.41. The number of Topliss-reactive ketones (excluding diaryl/α,β-unsaturated/α-hetero) is 1. The molecule has 0 spiro atoms. The van der Waals surface area contributed by atoms with E-state index in [0.717, 1.165) is 6.42 Å². The second-order valence-corrected chi connectivity index (χ2v) is 5.18. The van der Waals surface area contributed by atoms with Crippen molar-refractivity contribution in [2.24, 2.45) is 0 Å². The molecule has 0 aromatic heterocycles. The van der Waals surface area contributed by atoms with E-state index >= 15 is 0 Å². The van der Waals surface area contributed by atoms with E-state index in [2.05, 4.69) is 0 Å². The Hall–Kier alpha value is -1.68. The first-order chi connectivity index (χ1) is 11.4. The molecule has 138 valence electrons. The van der Waals surface area contributed by atoms with E-state index in [9.17, 15) is 24.9 Å². The standard InChI is InChI=1S/C15H24O9/c1-3-5-6-23-13-11(22-4-2)14(21)24-15(13,10(19)8-17)12(20)9(18)7-16/h9-10,16-19H,3-8H2,1-2H3/t9?,10-,15-/m0/s1. The van der Waals surface area contributed by atoms with Gasteiger partial charge in [-0.15, -0.1) is 0 Å². The second-order valence-electron chi connectivity index (χ2n) is 5.18. The number of aliphatic hydroxyl groups is 4. The van der Waals surface area contributed by atoms with Gasteiger partial charge in [0.05, 0.1) is 26.4 Å². The lowest BCUT2D eigenvalue weighted by Gasteiger charge is -2.33. The molecule has 4 N–H and O–H groups in total. The molecule has 1 unspecified atom stereocenters. The zero-order valence-electron chi connectivity index (χ0n) is 13.7. The van der Waals surface area contributed by atoms with Gasteiger partial charge >= 0.3 is 5.97 Å². The Kier molecular flexibility index (Phi) is 7.61. The summed E-state index contributed by atoms with van der Waals surface area (Å²) in [6, 6.07) is 0. The number of ketones is 1. The maximum atomic E-state index is 12.5. The van der Waals surface area contributed by atoms with Crippen LogP contribution in [0.1, 0.15) is 26.7 Å². The topological polar surface area (TPSA) is 143 Å². The zero-order chi connectivity index (χ0) is 18.3. The molecule has 0 amide bonds. The third-order valence-electron chi connectivity index (χ3n) is 3.50. The monoisotopic (exact) mass is 348 g/mol. The predicted molar refractivity (Wildman–Crippen MR) is 79.5 cm³/mol. The van der Waals surface area contributed by atoms with E-state index in [0.29, 0.717) is 6.42 Å². The smallest absolute Gasteiger partial charge is 0.378 e. The molecule has 1 aliphatic rings. The average Bonchev–Trinajstić information content (AvgIpc) is 2.86. The summed E-state index contributed by atoms with van der Waals surface area (Å²) in [5.74, 6) is -3.07. The number of cyclic esters (lactones) is 1. The van der Waals surface area contributed by atoms with Crippen molar-refractivity contribution in [3.8, 4) is 0 Å². The number of carbonyl (C=O) groups is 2. The molecule has 0 aromatic carbocycles. The van der Waals surface area contributed by atoms with Crippen molar-refractivity contribution in [3.63, 3.8) is 0 Å². The molecular weight excluding hydrogens is 324 g/mol. The minimum atomic E-state index is -2.47. The quantitative estimate of drug-likeness (QED) is 0.262. The lowest BCUT2D eigenvalue weighted by Crippen LogP contribution is -2.58. The van der Waals surface area contributed by atoms with Gasteiger partial charge in [-0.05, 0) is 13.3 Å². The van der Waals surface area contributed by atoms with Gasteiger partial charge in [-0.3, -0.25) is 4.79 Å². The highest BCUT2D eigenvalue weighted by molar-refractivity contribution is 6.03. The van der Waals surface area contributed by atoms with Crippen molar-refractivity contribution < 1.29 is 44.2 Å². The van der Waals surface area contributed by atoms with Crippen LogP contribution in [0.5, 0.6) is 0 Å². The number of unbranched alkanes of at least 4 members (excludes halogenated alkanes) is 1. The third kappa shape index (κ3) is 3.69. The van der Waals surface area contributed by atoms with E-state index in [-0.39, 0.29) is 13.2 Å². The Labute approximate surface area is 139 Å². The molecule has 1 aliphatic heterocycles. The first kappa shape index (κ1) is 20.4. The number of esters is 1. The third-order valence-corrected chi connectivity index (χ3v) is 3.50. The van der Waals surface area contributed by atoms with E-state index in [1.807, 2.05) is 6.92 Å². The Bertz CT molecular complexity index is 487. The van der Waals surface area contributed by atoms with E-state index in [1.54, 1.807) is 6.92 Å². The summed E-state index contributed by atoms with van der Waals surface area (Å²) in [5.41, 5.74) is -2.47. The molecule has 1 rings (SSSR count). The summed E-state index contributed by atoms with van der Waals surface area (Å²) in [5, 5.41) is 38.2. The molecule has 0 aliphatic carbocycles. The first-order valence-electron chi connectivity index (χ1n) is 7.76. The van der Waals surface area contributed by atoms with Gasteiger partial charge < -0.3 is 34.6 Å². The molecule has 0 saturated carbocycles. The lowest BCUT2D eigenvalue weighted by molar-refractivity contribution is -0.179. The highest BCUT2D eigenvalue weighted by atomic mass is 16.6. The van der Waals surface area contributed by atoms with E-state index < -0.39 is 54.3 Å². The number of hydrogen-bond donors (Lipinski definition) is 4. The number of carbonyl (C=O) groups excluding carboxylic acids is 2. The van der Waals surface area contributed by atoms with Crippen molar-refractivity contribution in [1.29, 1.82) is 0 Å². The van der Waals surface area contributed by atoms with Gasteiger partial charge in [0.2, 0.25) is 17.3 Å². The van der Waals surface area contributed by atoms with Crippen LogP contribution >= 0.6 is 0 Å². The summed E-state index contributed by atoms with van der Waals surface area (Å²) in [6.45, 7) is 1.75. The highest BCUT2D eigenvalue weighted by Crippen LogP contribution is 2.39. The average molecular weight is 348 g/mol. The number of rotatable bonds is 11. The van der Waals surface area contributed by atoms with Gasteiger partial charge in [0.1, 0.15) is 12.2 Å². The fourth-order valence-electron chi connectivity index (χ4n) is 2.27. The zero-order valence-corrected chi connectivity index (χ0v) is 13.7. The summed E-state index contributed by atoms with van der Waals surface area (Å²) < 4.78 is 15.6. The number of aliphatic hydroxyl groups excluding tert-OH is 4. The van der Waals surface area contributed by atoms with Crippen molar-refractivity contribution in [2.45, 2.75) is 44.5 Å². The summed E-state index contributed by atoms with van der Waals surface area (Å²) in [7, 11) is 0. The van der Waals surface area contributed by atoms with Crippen LogP contribution < -0.4 is 0 Å². The largest absolute Gasteiger partial charge is 0.489 e. The molecular formula is C15H24O9. The minimum Gasteiger partial charge on any atom is -0.489 e. The van der Waals surface area contributed by atoms with Crippen LogP contribution in [-0.4, -0.2) is 76.4 Å². The SMILES string of the molecule is CCCCOC1=C(OCC)C(=O)O[C@]1(C(=O)C(O)CO)[C@@H](O)CO. The maximum absolute atomic E-state index is 12.5. The Morgan fingerprint density at radius 1 is 1.21 bits per heavy atom. The molecule has 0 saturated heterocycles. The van der Waals surface area contributed by atoms with Crippen molar-refractivity contribution in [2.75, 3.05) is 26.4 Å². The van der Waals surface area contributed by atoms with Crippen LogP contribution in [0.3, 0.4) is 0 Å².